The van der Waals surface area contributed by atoms with Crippen LogP contribution < -0.4 is 10.6 Å². The largest absolute Gasteiger partial charge is 0.397 e. The van der Waals surface area contributed by atoms with E-state index in [1.807, 2.05) is 54.6 Å². The second-order valence-electron chi connectivity index (χ2n) is 6.88. The number of hydrogen-bond acceptors (Lipinski definition) is 3. The Labute approximate surface area is 190 Å². The molecule has 0 heterocycles. The molecule has 4 rings (SSSR count). The van der Waals surface area contributed by atoms with Crippen LogP contribution in [-0.2, 0) is 0 Å². The highest BCUT2D eigenvalue weighted by Crippen LogP contribution is 2.34. The second-order valence-corrected chi connectivity index (χ2v) is 7.74. The average molecular weight is 467 g/mol. The summed E-state index contributed by atoms with van der Waals surface area (Å²) in [5.74, 6) is 6.27. The SMILES string of the molecule is Nc1c(Br)cc(C#Cc2ccc(N(c3ccccc3)c3ccccc3)cc2)cc1C=O. The minimum atomic E-state index is 0.423. The van der Waals surface area contributed by atoms with Crippen LogP contribution in [0.5, 0.6) is 0 Å². The molecule has 0 spiro atoms. The molecule has 0 aliphatic heterocycles. The van der Waals surface area contributed by atoms with E-state index in [-0.39, 0.29) is 0 Å². The lowest BCUT2D eigenvalue weighted by Crippen LogP contribution is -2.09. The first kappa shape index (κ1) is 20.5. The van der Waals surface area contributed by atoms with Crippen LogP contribution in [0.3, 0.4) is 0 Å². The first-order valence-corrected chi connectivity index (χ1v) is 10.5. The summed E-state index contributed by atoms with van der Waals surface area (Å²) in [6, 6.07) is 32.1. The summed E-state index contributed by atoms with van der Waals surface area (Å²) < 4.78 is 0.665. The van der Waals surface area contributed by atoms with Gasteiger partial charge in [-0.15, -0.1) is 0 Å². The van der Waals surface area contributed by atoms with Crippen molar-refractivity contribution in [1.82, 2.24) is 0 Å². The zero-order valence-corrected chi connectivity index (χ0v) is 18.2. The maximum atomic E-state index is 11.2. The first-order chi connectivity index (χ1) is 15.2. The van der Waals surface area contributed by atoms with Crippen LogP contribution in [0.15, 0.2) is 102 Å². The van der Waals surface area contributed by atoms with E-state index >= 15 is 0 Å². The van der Waals surface area contributed by atoms with E-state index in [0.29, 0.717) is 15.7 Å². The lowest BCUT2D eigenvalue weighted by atomic mass is 10.1. The number of benzene rings is 4. The van der Waals surface area contributed by atoms with E-state index in [9.17, 15) is 4.79 Å². The van der Waals surface area contributed by atoms with Crippen molar-refractivity contribution in [2.45, 2.75) is 0 Å². The Bertz CT molecular complexity index is 1220. The lowest BCUT2D eigenvalue weighted by molar-refractivity contribution is 0.112. The average Bonchev–Trinajstić information content (AvgIpc) is 2.82. The van der Waals surface area contributed by atoms with Crippen molar-refractivity contribution in [3.63, 3.8) is 0 Å². The van der Waals surface area contributed by atoms with Gasteiger partial charge in [-0.3, -0.25) is 4.79 Å². The molecule has 0 saturated heterocycles. The van der Waals surface area contributed by atoms with Crippen molar-refractivity contribution in [1.29, 1.82) is 0 Å². The van der Waals surface area contributed by atoms with Crippen LogP contribution in [0.25, 0.3) is 0 Å². The minimum absolute atomic E-state index is 0.423. The number of halogens is 1. The van der Waals surface area contributed by atoms with Crippen LogP contribution in [-0.4, -0.2) is 6.29 Å². The summed E-state index contributed by atoms with van der Waals surface area (Å²) >= 11 is 3.38. The van der Waals surface area contributed by atoms with Crippen LogP contribution >= 0.6 is 15.9 Å². The second kappa shape index (κ2) is 9.34. The standard InChI is InChI=1S/C27H19BrN2O/c28-26-18-21(17-22(19-31)27(26)29)12-11-20-13-15-25(16-14-20)30(23-7-3-1-4-8-23)24-9-5-2-6-10-24/h1-10,13-19H,29H2. The molecule has 0 atom stereocenters. The molecule has 0 aromatic heterocycles. The van der Waals surface area contributed by atoms with Gasteiger partial charge in [-0.05, 0) is 76.6 Å². The number of hydrogen-bond donors (Lipinski definition) is 1. The van der Waals surface area contributed by atoms with Crippen LogP contribution in [0.2, 0.25) is 0 Å². The Balaban J connectivity index is 1.66. The number of anilines is 4. The van der Waals surface area contributed by atoms with Crippen molar-refractivity contribution >= 4 is 45.0 Å². The third-order valence-corrected chi connectivity index (χ3v) is 5.45. The highest BCUT2D eigenvalue weighted by Gasteiger charge is 2.11. The monoisotopic (exact) mass is 466 g/mol. The molecule has 3 nitrogen and oxygen atoms in total. The predicted octanol–water partition coefficient (Wildman–Crippen LogP) is 6.71. The van der Waals surface area contributed by atoms with Gasteiger partial charge >= 0.3 is 0 Å². The van der Waals surface area contributed by atoms with Gasteiger partial charge in [-0.25, -0.2) is 0 Å². The molecular formula is C27H19BrN2O. The van der Waals surface area contributed by atoms with Gasteiger partial charge in [-0.1, -0.05) is 48.2 Å². The van der Waals surface area contributed by atoms with Crippen molar-refractivity contribution in [3.05, 3.63) is 118 Å². The molecule has 150 valence electrons. The fourth-order valence-electron chi connectivity index (χ4n) is 3.25. The molecule has 0 bridgehead atoms. The molecular weight excluding hydrogens is 448 g/mol. The molecule has 4 heteroatoms. The number of rotatable bonds is 4. The van der Waals surface area contributed by atoms with Gasteiger partial charge in [0, 0.05) is 38.2 Å². The van der Waals surface area contributed by atoms with Crippen molar-refractivity contribution in [3.8, 4) is 11.8 Å². The van der Waals surface area contributed by atoms with Gasteiger partial charge in [0.2, 0.25) is 0 Å². The Hall–Kier alpha value is -3.81. The van der Waals surface area contributed by atoms with Crippen molar-refractivity contribution < 1.29 is 4.79 Å². The maximum absolute atomic E-state index is 11.2. The fraction of sp³-hybridized carbons (Fsp3) is 0. The molecule has 4 aromatic rings. The highest BCUT2D eigenvalue weighted by atomic mass is 79.9. The van der Waals surface area contributed by atoms with Crippen molar-refractivity contribution in [2.75, 3.05) is 10.6 Å². The summed E-state index contributed by atoms with van der Waals surface area (Å²) in [6.07, 6.45) is 0.738. The molecule has 31 heavy (non-hydrogen) atoms. The van der Waals surface area contributed by atoms with Gasteiger partial charge < -0.3 is 10.6 Å². The number of nitrogen functional groups attached to an aromatic ring is 1. The summed E-state index contributed by atoms with van der Waals surface area (Å²) in [5.41, 5.74) is 11.5. The number of nitrogens with two attached hydrogens (primary N) is 1. The smallest absolute Gasteiger partial charge is 0.152 e. The summed E-state index contributed by atoms with van der Waals surface area (Å²) in [6.45, 7) is 0. The van der Waals surface area contributed by atoms with Crippen molar-refractivity contribution in [2.24, 2.45) is 0 Å². The maximum Gasteiger partial charge on any atom is 0.152 e. The molecule has 2 N–H and O–H groups in total. The normalized spacial score (nSPS) is 10.1. The predicted molar refractivity (Wildman–Crippen MR) is 131 cm³/mol. The zero-order chi connectivity index (χ0) is 21.6. The fourth-order valence-corrected chi connectivity index (χ4v) is 3.72. The first-order valence-electron chi connectivity index (χ1n) is 9.72. The molecule has 0 aliphatic rings. The highest BCUT2D eigenvalue weighted by molar-refractivity contribution is 9.10. The molecule has 0 unspecified atom stereocenters. The van der Waals surface area contributed by atoms with E-state index in [0.717, 1.165) is 34.5 Å². The molecule has 0 amide bonds. The molecule has 4 aromatic carbocycles. The van der Waals surface area contributed by atoms with E-state index in [1.165, 1.54) is 0 Å². The number of nitrogens with zero attached hydrogens (tertiary/aromatic N) is 1. The van der Waals surface area contributed by atoms with Gasteiger partial charge in [-0.2, -0.15) is 0 Å². The minimum Gasteiger partial charge on any atom is -0.397 e. The third-order valence-electron chi connectivity index (χ3n) is 4.79. The third kappa shape index (κ3) is 4.69. The van der Waals surface area contributed by atoms with E-state index in [1.54, 1.807) is 6.07 Å². The van der Waals surface area contributed by atoms with Gasteiger partial charge in [0.05, 0.1) is 5.69 Å². The number of aldehydes is 1. The van der Waals surface area contributed by atoms with Crippen LogP contribution in [0.1, 0.15) is 21.5 Å². The lowest BCUT2D eigenvalue weighted by Gasteiger charge is -2.25. The van der Waals surface area contributed by atoms with Gasteiger partial charge in [0.15, 0.2) is 6.29 Å². The molecule has 0 fully saturated rings. The van der Waals surface area contributed by atoms with E-state index in [2.05, 4.69) is 69.1 Å². The Kier molecular flexibility index (Phi) is 6.16. The number of carbonyl (C=O) groups is 1. The van der Waals surface area contributed by atoms with E-state index < -0.39 is 0 Å². The zero-order valence-electron chi connectivity index (χ0n) is 16.6. The number of carbonyl (C=O) groups excluding carboxylic acids is 1. The topological polar surface area (TPSA) is 46.3 Å². The van der Waals surface area contributed by atoms with Crippen LogP contribution in [0, 0.1) is 11.8 Å². The molecule has 0 aliphatic carbocycles. The van der Waals surface area contributed by atoms with Crippen LogP contribution in [0.4, 0.5) is 22.7 Å². The Morgan fingerprint density at radius 3 is 1.77 bits per heavy atom. The Morgan fingerprint density at radius 2 is 1.23 bits per heavy atom. The number of para-hydroxylation sites is 2. The quantitative estimate of drug-likeness (QED) is 0.206. The summed E-state index contributed by atoms with van der Waals surface area (Å²) in [5, 5.41) is 0. The van der Waals surface area contributed by atoms with Gasteiger partial charge in [0.25, 0.3) is 0 Å². The van der Waals surface area contributed by atoms with E-state index in [4.69, 9.17) is 5.73 Å². The summed E-state index contributed by atoms with van der Waals surface area (Å²) in [4.78, 5) is 13.4. The molecule has 0 radical (unpaired) electrons. The molecule has 0 saturated carbocycles. The summed E-state index contributed by atoms with van der Waals surface area (Å²) in [7, 11) is 0. The van der Waals surface area contributed by atoms with Gasteiger partial charge in [0.1, 0.15) is 0 Å². The Morgan fingerprint density at radius 1 is 0.710 bits per heavy atom.